The summed E-state index contributed by atoms with van der Waals surface area (Å²) in [6.07, 6.45) is 1.75. The number of hydrogen-bond donors (Lipinski definition) is 0. The Morgan fingerprint density at radius 1 is 1.25 bits per heavy atom. The zero-order valence-electron chi connectivity index (χ0n) is 11.8. The average Bonchev–Trinajstić information content (AvgIpc) is 2.41. The van der Waals surface area contributed by atoms with Gasteiger partial charge in [0.25, 0.3) is 0 Å². The van der Waals surface area contributed by atoms with Crippen LogP contribution in [0.25, 0.3) is 0 Å². The van der Waals surface area contributed by atoms with Crippen molar-refractivity contribution in [1.29, 1.82) is 0 Å². The summed E-state index contributed by atoms with van der Waals surface area (Å²) in [5, 5.41) is 0. The van der Waals surface area contributed by atoms with Gasteiger partial charge in [-0.2, -0.15) is 0 Å². The quantitative estimate of drug-likeness (QED) is 0.408. The predicted octanol–water partition coefficient (Wildman–Crippen LogP) is 0.827. The molecule has 6 heteroatoms. The summed E-state index contributed by atoms with van der Waals surface area (Å²) in [5.74, 6) is -1.87. The van der Waals surface area contributed by atoms with Crippen molar-refractivity contribution in [1.82, 2.24) is 4.90 Å². The fourth-order valence-corrected chi connectivity index (χ4v) is 1.95. The van der Waals surface area contributed by atoms with E-state index in [1.165, 1.54) is 0 Å². The lowest BCUT2D eigenvalue weighted by atomic mass is 10.0. The van der Waals surface area contributed by atoms with Crippen molar-refractivity contribution in [3.8, 4) is 0 Å². The Morgan fingerprint density at radius 2 is 1.85 bits per heavy atom. The molecule has 0 aromatic rings. The zero-order chi connectivity index (χ0) is 15.1. The maximum absolute atomic E-state index is 12.0. The number of rotatable bonds is 6. The van der Waals surface area contributed by atoms with Crippen LogP contribution >= 0.6 is 0 Å². The molecule has 0 amide bonds. The molecule has 0 aliphatic carbocycles. The Kier molecular flexibility index (Phi) is 5.96. The maximum atomic E-state index is 12.0. The Labute approximate surface area is 118 Å². The number of ketones is 1. The van der Waals surface area contributed by atoms with Crippen LogP contribution in [0.4, 0.5) is 0 Å². The lowest BCUT2D eigenvalue weighted by Crippen LogP contribution is -2.40. The van der Waals surface area contributed by atoms with Gasteiger partial charge in [0.05, 0.1) is 13.2 Å². The van der Waals surface area contributed by atoms with Gasteiger partial charge < -0.3 is 14.4 Å². The molecule has 0 saturated heterocycles. The van der Waals surface area contributed by atoms with Crippen molar-refractivity contribution in [3.63, 3.8) is 0 Å². The molecule has 0 radical (unpaired) electrons. The van der Waals surface area contributed by atoms with Crippen LogP contribution in [0.3, 0.4) is 0 Å². The van der Waals surface area contributed by atoms with Crippen molar-refractivity contribution in [3.05, 3.63) is 23.9 Å². The number of ether oxygens (including phenoxy) is 2. The number of nitrogens with zero attached hydrogens (tertiary/aromatic N) is 1. The number of hydrogen-bond acceptors (Lipinski definition) is 6. The van der Waals surface area contributed by atoms with Crippen molar-refractivity contribution < 1.29 is 23.9 Å². The van der Waals surface area contributed by atoms with Crippen LogP contribution in [0, 0.1) is 0 Å². The molecule has 0 bridgehead atoms. The highest BCUT2D eigenvalue weighted by molar-refractivity contribution is 6.22. The third-order valence-electron chi connectivity index (χ3n) is 2.74. The molecule has 20 heavy (non-hydrogen) atoms. The SMILES string of the molecule is C=CCN1CCC(=O)C(C(=O)OCC)=C1C(=O)OCC. The standard InChI is InChI=1S/C14H19NO5/c1-4-8-15-9-7-10(16)11(13(17)19-5-2)12(15)14(18)20-6-3/h4H,1,5-9H2,2-3H3. The summed E-state index contributed by atoms with van der Waals surface area (Å²) in [5.41, 5.74) is -0.250. The van der Waals surface area contributed by atoms with E-state index in [9.17, 15) is 14.4 Å². The highest BCUT2D eigenvalue weighted by Gasteiger charge is 2.35. The second kappa shape index (κ2) is 7.47. The number of carbonyl (C=O) groups is 3. The first-order valence-corrected chi connectivity index (χ1v) is 6.54. The Morgan fingerprint density at radius 3 is 2.40 bits per heavy atom. The first-order chi connectivity index (χ1) is 9.56. The summed E-state index contributed by atoms with van der Waals surface area (Å²) in [4.78, 5) is 37.5. The second-order valence-electron chi connectivity index (χ2n) is 4.07. The second-order valence-corrected chi connectivity index (χ2v) is 4.07. The fourth-order valence-electron chi connectivity index (χ4n) is 1.95. The van der Waals surface area contributed by atoms with E-state index in [2.05, 4.69) is 6.58 Å². The zero-order valence-corrected chi connectivity index (χ0v) is 11.8. The molecule has 110 valence electrons. The fraction of sp³-hybridized carbons (Fsp3) is 0.500. The van der Waals surface area contributed by atoms with E-state index in [1.54, 1.807) is 24.8 Å². The van der Waals surface area contributed by atoms with E-state index in [0.717, 1.165) is 0 Å². The molecule has 0 fully saturated rings. The minimum Gasteiger partial charge on any atom is -0.462 e. The molecular formula is C14H19NO5. The van der Waals surface area contributed by atoms with Gasteiger partial charge in [-0.05, 0) is 13.8 Å². The van der Waals surface area contributed by atoms with E-state index < -0.39 is 17.7 Å². The maximum Gasteiger partial charge on any atom is 0.355 e. The van der Waals surface area contributed by atoms with Gasteiger partial charge >= 0.3 is 11.9 Å². The lowest BCUT2D eigenvalue weighted by molar-refractivity contribution is -0.145. The molecule has 0 N–H and O–H groups in total. The first kappa shape index (κ1) is 15.9. The summed E-state index contributed by atoms with van der Waals surface area (Å²) in [6.45, 7) is 7.89. The van der Waals surface area contributed by atoms with Crippen LogP contribution in [0.5, 0.6) is 0 Å². The highest BCUT2D eigenvalue weighted by atomic mass is 16.5. The Bertz CT molecular complexity index is 452. The molecule has 0 unspecified atom stereocenters. The summed E-state index contributed by atoms with van der Waals surface area (Å²) >= 11 is 0. The van der Waals surface area contributed by atoms with Crippen LogP contribution in [0.15, 0.2) is 23.9 Å². The van der Waals surface area contributed by atoms with Crippen LogP contribution < -0.4 is 0 Å². The van der Waals surface area contributed by atoms with Gasteiger partial charge in [-0.3, -0.25) is 4.79 Å². The Balaban J connectivity index is 3.27. The van der Waals surface area contributed by atoms with E-state index in [0.29, 0.717) is 13.1 Å². The molecule has 1 aliphatic heterocycles. The van der Waals surface area contributed by atoms with Gasteiger partial charge in [0.15, 0.2) is 5.78 Å². The molecule has 6 nitrogen and oxygen atoms in total. The van der Waals surface area contributed by atoms with Crippen molar-refractivity contribution in [2.45, 2.75) is 20.3 Å². The van der Waals surface area contributed by atoms with Crippen LogP contribution in [0.2, 0.25) is 0 Å². The monoisotopic (exact) mass is 281 g/mol. The van der Waals surface area contributed by atoms with E-state index in [4.69, 9.17) is 9.47 Å². The van der Waals surface area contributed by atoms with Crippen molar-refractivity contribution in [2.24, 2.45) is 0 Å². The van der Waals surface area contributed by atoms with E-state index in [-0.39, 0.29) is 30.9 Å². The molecule has 0 aromatic heterocycles. The Hall–Kier alpha value is -2.11. The van der Waals surface area contributed by atoms with Crippen molar-refractivity contribution in [2.75, 3.05) is 26.3 Å². The summed E-state index contributed by atoms with van der Waals surface area (Å²) in [7, 11) is 0. The molecule has 0 spiro atoms. The topological polar surface area (TPSA) is 72.9 Å². The predicted molar refractivity (Wildman–Crippen MR) is 71.7 cm³/mol. The highest BCUT2D eigenvalue weighted by Crippen LogP contribution is 2.22. The van der Waals surface area contributed by atoms with Crippen molar-refractivity contribution >= 4 is 17.7 Å². The minimum absolute atomic E-state index is 0.0264. The minimum atomic E-state index is -0.783. The molecule has 0 saturated carbocycles. The third-order valence-corrected chi connectivity index (χ3v) is 2.74. The van der Waals surface area contributed by atoms with Gasteiger partial charge in [-0.25, -0.2) is 9.59 Å². The molecular weight excluding hydrogens is 262 g/mol. The van der Waals surface area contributed by atoms with Gasteiger partial charge in [0, 0.05) is 19.5 Å². The van der Waals surface area contributed by atoms with Crippen LogP contribution in [-0.4, -0.2) is 48.9 Å². The summed E-state index contributed by atoms with van der Waals surface area (Å²) < 4.78 is 9.79. The summed E-state index contributed by atoms with van der Waals surface area (Å²) in [6, 6.07) is 0. The smallest absolute Gasteiger partial charge is 0.355 e. The normalized spacial score (nSPS) is 15.1. The molecule has 1 heterocycles. The first-order valence-electron chi connectivity index (χ1n) is 6.54. The molecule has 1 aliphatic rings. The number of Topliss-reactive ketones (excluding diaryl/α,β-unsaturated/α-hetero) is 1. The van der Waals surface area contributed by atoms with Gasteiger partial charge in [-0.15, -0.1) is 6.58 Å². The van der Waals surface area contributed by atoms with E-state index >= 15 is 0 Å². The van der Waals surface area contributed by atoms with Crippen LogP contribution in [0.1, 0.15) is 20.3 Å². The third kappa shape index (κ3) is 3.46. The largest absolute Gasteiger partial charge is 0.462 e. The molecule has 1 rings (SSSR count). The van der Waals surface area contributed by atoms with Gasteiger partial charge in [-0.1, -0.05) is 6.08 Å². The average molecular weight is 281 g/mol. The molecule has 0 atom stereocenters. The van der Waals surface area contributed by atoms with E-state index in [1.807, 2.05) is 0 Å². The lowest BCUT2D eigenvalue weighted by Gasteiger charge is -2.29. The van der Waals surface area contributed by atoms with Gasteiger partial charge in [0.2, 0.25) is 0 Å². The van der Waals surface area contributed by atoms with Gasteiger partial charge in [0.1, 0.15) is 11.3 Å². The number of carbonyl (C=O) groups excluding carboxylic acids is 3. The number of esters is 2. The van der Waals surface area contributed by atoms with Crippen LogP contribution in [-0.2, 0) is 23.9 Å². The molecule has 0 aromatic carbocycles.